The molecule has 4 heterocycles. The van der Waals surface area contributed by atoms with Crippen LogP contribution in [0.25, 0.3) is 11.2 Å². The second-order valence-corrected chi connectivity index (χ2v) is 11.3. The Labute approximate surface area is 223 Å². The zero-order valence-corrected chi connectivity index (χ0v) is 22.6. The second-order valence-electron chi connectivity index (χ2n) is 11.0. The summed E-state index contributed by atoms with van der Waals surface area (Å²) in [6, 6.07) is 10.7. The van der Waals surface area contributed by atoms with Gasteiger partial charge in [-0.15, -0.1) is 0 Å². The minimum atomic E-state index is 0.0900. The Balaban J connectivity index is 1.48. The first-order valence-electron chi connectivity index (χ1n) is 13.8. The molecule has 2 atom stereocenters. The Morgan fingerprint density at radius 1 is 0.973 bits per heavy atom. The molecular formula is C28H37ClN6O2. The molecule has 3 aliphatic rings. The highest BCUT2D eigenvalue weighted by Gasteiger charge is 2.33. The first-order chi connectivity index (χ1) is 18.1. The van der Waals surface area contributed by atoms with E-state index in [1.54, 1.807) is 0 Å². The molecule has 2 aliphatic heterocycles. The van der Waals surface area contributed by atoms with Gasteiger partial charge in [0, 0.05) is 26.2 Å². The molecule has 3 aromatic rings. The lowest BCUT2D eigenvalue weighted by atomic mass is 9.83. The van der Waals surface area contributed by atoms with Gasteiger partial charge in [0.05, 0.1) is 32.0 Å². The fraction of sp³-hybridized carbons (Fsp3) is 0.607. The first-order valence-corrected chi connectivity index (χ1v) is 14.1. The number of fused-ring (bicyclic) bond motifs is 1. The largest absolute Gasteiger partial charge is 0.377 e. The van der Waals surface area contributed by atoms with Gasteiger partial charge in [-0.25, -0.2) is 0 Å². The molecular weight excluding hydrogens is 488 g/mol. The molecule has 198 valence electrons. The minimum Gasteiger partial charge on any atom is -0.377 e. The normalized spacial score (nSPS) is 27.1. The molecule has 3 fully saturated rings. The molecule has 8 nitrogen and oxygen atoms in total. The number of nitrogens with zero attached hydrogens (tertiary/aromatic N) is 6. The number of halogens is 1. The van der Waals surface area contributed by atoms with E-state index in [1.807, 2.05) is 0 Å². The molecule has 2 aromatic heterocycles. The number of aromatic nitrogens is 4. The Morgan fingerprint density at radius 2 is 1.78 bits per heavy atom. The molecule has 0 bridgehead atoms. The van der Waals surface area contributed by atoms with Crippen LogP contribution >= 0.6 is 11.6 Å². The van der Waals surface area contributed by atoms with E-state index in [9.17, 15) is 0 Å². The number of benzene rings is 1. The number of rotatable bonds is 5. The molecule has 1 aromatic carbocycles. The Morgan fingerprint density at radius 3 is 2.57 bits per heavy atom. The van der Waals surface area contributed by atoms with Crippen molar-refractivity contribution in [1.29, 1.82) is 0 Å². The number of ether oxygens (including phenoxy) is 2. The van der Waals surface area contributed by atoms with E-state index in [-0.39, 0.29) is 17.4 Å². The van der Waals surface area contributed by atoms with Crippen molar-refractivity contribution in [3.05, 3.63) is 41.2 Å². The molecule has 6 rings (SSSR count). The first kappa shape index (κ1) is 24.9. The van der Waals surface area contributed by atoms with Crippen molar-refractivity contribution in [3.63, 3.8) is 0 Å². The van der Waals surface area contributed by atoms with Gasteiger partial charge in [-0.2, -0.15) is 15.0 Å². The smallest absolute Gasteiger partial charge is 0.226 e. The van der Waals surface area contributed by atoms with Crippen LogP contribution in [0.3, 0.4) is 0 Å². The third kappa shape index (κ3) is 5.16. The van der Waals surface area contributed by atoms with Crippen LogP contribution in [0.5, 0.6) is 0 Å². The van der Waals surface area contributed by atoms with Crippen molar-refractivity contribution in [2.45, 2.75) is 58.2 Å². The summed E-state index contributed by atoms with van der Waals surface area (Å²) < 4.78 is 14.2. The van der Waals surface area contributed by atoms with Gasteiger partial charge >= 0.3 is 0 Å². The van der Waals surface area contributed by atoms with Crippen molar-refractivity contribution in [1.82, 2.24) is 19.5 Å². The highest BCUT2D eigenvalue weighted by molar-refractivity contribution is 6.28. The van der Waals surface area contributed by atoms with Crippen molar-refractivity contribution in [2.24, 2.45) is 11.8 Å². The number of imidazole rings is 1. The standard InChI is InChI=1S/C28H37ClN6O2/c1-19-8-10-21(11-9-19)17-35-24-25(30-27(29)32-26(24)33-12-15-37-20(2)16-33)31-28(35)34-13-14-36-18-23(34)22-6-4-3-5-7-22/h3-7,19-21,23H,8-18H2,1-2H3. The van der Waals surface area contributed by atoms with Crippen LogP contribution in [-0.4, -0.2) is 65.1 Å². The average Bonchev–Trinajstić information content (AvgIpc) is 3.27. The molecule has 0 radical (unpaired) electrons. The monoisotopic (exact) mass is 524 g/mol. The van der Waals surface area contributed by atoms with Gasteiger partial charge in [-0.1, -0.05) is 50.1 Å². The molecule has 1 aliphatic carbocycles. The Kier molecular flexibility index (Phi) is 7.23. The summed E-state index contributed by atoms with van der Waals surface area (Å²) in [4.78, 5) is 19.3. The summed E-state index contributed by atoms with van der Waals surface area (Å²) in [5.41, 5.74) is 2.90. The number of hydrogen-bond donors (Lipinski definition) is 0. The van der Waals surface area contributed by atoms with Crippen LogP contribution in [0.15, 0.2) is 30.3 Å². The lowest BCUT2D eigenvalue weighted by molar-refractivity contribution is 0.0530. The zero-order chi connectivity index (χ0) is 25.4. The minimum absolute atomic E-state index is 0.0900. The summed E-state index contributed by atoms with van der Waals surface area (Å²) >= 11 is 6.50. The fourth-order valence-corrected chi connectivity index (χ4v) is 6.33. The van der Waals surface area contributed by atoms with Crippen LogP contribution in [0, 0.1) is 11.8 Å². The summed E-state index contributed by atoms with van der Waals surface area (Å²) in [6.07, 6.45) is 5.18. The fourth-order valence-electron chi connectivity index (χ4n) is 6.17. The quantitative estimate of drug-likeness (QED) is 0.429. The van der Waals surface area contributed by atoms with Gasteiger partial charge in [0.25, 0.3) is 0 Å². The van der Waals surface area contributed by atoms with Gasteiger partial charge in [-0.05, 0) is 48.8 Å². The molecule has 2 saturated heterocycles. The predicted octanol–water partition coefficient (Wildman–Crippen LogP) is 5.11. The van der Waals surface area contributed by atoms with Crippen molar-refractivity contribution < 1.29 is 9.47 Å². The summed E-state index contributed by atoms with van der Waals surface area (Å²) in [5, 5.41) is 0.242. The maximum atomic E-state index is 6.50. The maximum Gasteiger partial charge on any atom is 0.226 e. The lowest BCUT2D eigenvalue weighted by Crippen LogP contribution is -2.42. The molecule has 37 heavy (non-hydrogen) atoms. The Hall–Kier alpha value is -2.42. The van der Waals surface area contributed by atoms with E-state index in [2.05, 4.69) is 63.5 Å². The van der Waals surface area contributed by atoms with E-state index < -0.39 is 0 Å². The molecule has 2 unspecified atom stereocenters. The van der Waals surface area contributed by atoms with Crippen LogP contribution in [0.2, 0.25) is 5.28 Å². The van der Waals surface area contributed by atoms with Crippen LogP contribution < -0.4 is 9.80 Å². The van der Waals surface area contributed by atoms with E-state index in [1.165, 1.54) is 31.2 Å². The van der Waals surface area contributed by atoms with Gasteiger partial charge < -0.3 is 23.8 Å². The van der Waals surface area contributed by atoms with Crippen molar-refractivity contribution >= 4 is 34.5 Å². The molecule has 0 amide bonds. The van der Waals surface area contributed by atoms with E-state index in [4.69, 9.17) is 31.0 Å². The Bertz CT molecular complexity index is 1210. The van der Waals surface area contributed by atoms with Crippen LogP contribution in [-0.2, 0) is 16.0 Å². The van der Waals surface area contributed by atoms with E-state index >= 15 is 0 Å². The highest BCUT2D eigenvalue weighted by Crippen LogP contribution is 2.38. The number of morpholine rings is 2. The number of anilines is 2. The topological polar surface area (TPSA) is 68.5 Å². The van der Waals surface area contributed by atoms with Gasteiger partial charge in [0.15, 0.2) is 11.5 Å². The van der Waals surface area contributed by atoms with Crippen LogP contribution in [0.4, 0.5) is 11.8 Å². The van der Waals surface area contributed by atoms with Gasteiger partial charge in [-0.3, -0.25) is 0 Å². The highest BCUT2D eigenvalue weighted by atomic mass is 35.5. The van der Waals surface area contributed by atoms with Crippen LogP contribution in [0.1, 0.15) is 51.1 Å². The maximum absolute atomic E-state index is 6.50. The van der Waals surface area contributed by atoms with Crippen molar-refractivity contribution in [2.75, 3.05) is 49.3 Å². The van der Waals surface area contributed by atoms with Gasteiger partial charge in [0.1, 0.15) is 5.52 Å². The summed E-state index contributed by atoms with van der Waals surface area (Å²) in [6.45, 7) is 9.70. The number of hydrogen-bond acceptors (Lipinski definition) is 7. The molecule has 0 spiro atoms. The second kappa shape index (κ2) is 10.8. The summed E-state index contributed by atoms with van der Waals surface area (Å²) in [5.74, 6) is 3.24. The SMILES string of the molecule is CC1CCC(Cn2c(N3CCOCC3c3ccccc3)nc3nc(Cl)nc(N4CCOC(C)C4)c32)CC1. The lowest BCUT2D eigenvalue weighted by Gasteiger charge is -2.38. The molecule has 1 saturated carbocycles. The molecule has 0 N–H and O–H groups in total. The zero-order valence-electron chi connectivity index (χ0n) is 21.9. The van der Waals surface area contributed by atoms with Crippen molar-refractivity contribution in [3.8, 4) is 0 Å². The van der Waals surface area contributed by atoms with Gasteiger partial charge in [0.2, 0.25) is 11.2 Å². The van der Waals surface area contributed by atoms with E-state index in [0.717, 1.165) is 49.4 Å². The third-order valence-electron chi connectivity index (χ3n) is 8.22. The third-order valence-corrected chi connectivity index (χ3v) is 8.39. The summed E-state index contributed by atoms with van der Waals surface area (Å²) in [7, 11) is 0. The predicted molar refractivity (Wildman–Crippen MR) is 146 cm³/mol. The molecule has 9 heteroatoms. The average molecular weight is 525 g/mol. The van der Waals surface area contributed by atoms with E-state index in [0.29, 0.717) is 31.4 Å².